The van der Waals surface area contributed by atoms with Crippen molar-refractivity contribution >= 4 is 23.2 Å². The van der Waals surface area contributed by atoms with Crippen molar-refractivity contribution in [1.29, 1.82) is 0 Å². The number of hydrogen-bond donors (Lipinski definition) is 1. The fourth-order valence-electron chi connectivity index (χ4n) is 4.66. The van der Waals surface area contributed by atoms with Crippen LogP contribution in [0.15, 0.2) is 5.38 Å². The number of carboxylic acids is 1. The Hall–Kier alpha value is -1.36. The molecule has 22 heavy (non-hydrogen) atoms. The van der Waals surface area contributed by atoms with E-state index in [2.05, 4.69) is 0 Å². The Balaban J connectivity index is 1.65. The van der Waals surface area contributed by atoms with Gasteiger partial charge in [0.05, 0.1) is 5.56 Å². The van der Waals surface area contributed by atoms with E-state index in [-0.39, 0.29) is 11.8 Å². The first kappa shape index (κ1) is 14.2. The molecule has 118 valence electrons. The van der Waals surface area contributed by atoms with E-state index in [1.54, 1.807) is 16.2 Å². The molecule has 1 N–H and O–H groups in total. The van der Waals surface area contributed by atoms with Crippen LogP contribution in [0.3, 0.4) is 0 Å². The van der Waals surface area contributed by atoms with Gasteiger partial charge in [0.25, 0.3) is 5.91 Å². The predicted molar refractivity (Wildman–Crippen MR) is 84.3 cm³/mol. The standard InChI is InChI=1S/C17H21NO3S/c19-16(13-9-22-14-7-2-1-5-12(13)14)18-8-10-4-3-6-11(10)15(18)17(20)21/h9-11,15H,1-8H2,(H,20,21). The van der Waals surface area contributed by atoms with E-state index < -0.39 is 12.0 Å². The summed E-state index contributed by atoms with van der Waals surface area (Å²) in [5.74, 6) is -0.316. The monoisotopic (exact) mass is 319 g/mol. The molecule has 1 amide bonds. The van der Waals surface area contributed by atoms with E-state index in [0.29, 0.717) is 12.5 Å². The summed E-state index contributed by atoms with van der Waals surface area (Å²) in [5, 5.41) is 11.6. The van der Waals surface area contributed by atoms with Gasteiger partial charge in [-0.3, -0.25) is 4.79 Å². The Morgan fingerprint density at radius 3 is 2.82 bits per heavy atom. The third-order valence-corrected chi connectivity index (χ3v) is 6.78. The van der Waals surface area contributed by atoms with Gasteiger partial charge >= 0.3 is 5.97 Å². The van der Waals surface area contributed by atoms with Crippen molar-refractivity contribution < 1.29 is 14.7 Å². The average molecular weight is 319 g/mol. The normalized spacial score (nSPS) is 30.2. The molecule has 1 saturated carbocycles. The van der Waals surface area contributed by atoms with Crippen LogP contribution in [0.2, 0.25) is 0 Å². The zero-order valence-corrected chi connectivity index (χ0v) is 13.4. The van der Waals surface area contributed by atoms with E-state index in [1.807, 2.05) is 5.38 Å². The van der Waals surface area contributed by atoms with Crippen LogP contribution >= 0.6 is 11.3 Å². The minimum Gasteiger partial charge on any atom is -0.480 e. The molecule has 1 aromatic heterocycles. The van der Waals surface area contributed by atoms with Gasteiger partial charge in [-0.25, -0.2) is 4.79 Å². The molecule has 5 heteroatoms. The summed E-state index contributed by atoms with van der Waals surface area (Å²) in [6.07, 6.45) is 7.51. The van der Waals surface area contributed by atoms with Crippen molar-refractivity contribution in [3.8, 4) is 0 Å². The number of fused-ring (bicyclic) bond motifs is 2. The maximum atomic E-state index is 13.0. The number of thiophene rings is 1. The van der Waals surface area contributed by atoms with Crippen LogP contribution in [0.5, 0.6) is 0 Å². The van der Waals surface area contributed by atoms with Crippen molar-refractivity contribution in [1.82, 2.24) is 4.90 Å². The van der Waals surface area contributed by atoms with Gasteiger partial charge in [-0.1, -0.05) is 6.42 Å². The summed E-state index contributed by atoms with van der Waals surface area (Å²) in [7, 11) is 0. The maximum Gasteiger partial charge on any atom is 0.326 e. The van der Waals surface area contributed by atoms with Crippen molar-refractivity contribution in [3.63, 3.8) is 0 Å². The van der Waals surface area contributed by atoms with Crippen molar-refractivity contribution in [3.05, 3.63) is 21.4 Å². The Morgan fingerprint density at radius 2 is 2.00 bits per heavy atom. The lowest BCUT2D eigenvalue weighted by atomic mass is 9.93. The molecule has 0 aromatic carbocycles. The Kier molecular flexibility index (Phi) is 3.48. The summed E-state index contributed by atoms with van der Waals surface area (Å²) in [5.41, 5.74) is 1.98. The van der Waals surface area contributed by atoms with Crippen LogP contribution < -0.4 is 0 Å². The van der Waals surface area contributed by atoms with E-state index in [0.717, 1.165) is 44.1 Å². The molecule has 4 nitrogen and oxygen atoms in total. The number of amides is 1. The van der Waals surface area contributed by atoms with Gasteiger partial charge in [0.1, 0.15) is 6.04 Å². The number of likely N-dealkylation sites (tertiary alicyclic amines) is 1. The van der Waals surface area contributed by atoms with Crippen LogP contribution in [0, 0.1) is 11.8 Å². The van der Waals surface area contributed by atoms with E-state index in [1.165, 1.54) is 16.9 Å². The Bertz CT molecular complexity index is 623. The minimum absolute atomic E-state index is 0.0406. The van der Waals surface area contributed by atoms with E-state index >= 15 is 0 Å². The average Bonchev–Trinajstić information content (AvgIpc) is 3.19. The summed E-state index contributed by atoms with van der Waals surface area (Å²) in [4.78, 5) is 27.7. The second kappa shape index (κ2) is 5.37. The summed E-state index contributed by atoms with van der Waals surface area (Å²) >= 11 is 1.68. The van der Waals surface area contributed by atoms with Crippen LogP contribution in [-0.4, -0.2) is 34.5 Å². The molecule has 0 bridgehead atoms. The fraction of sp³-hybridized carbons (Fsp3) is 0.647. The highest BCUT2D eigenvalue weighted by atomic mass is 32.1. The molecule has 0 spiro atoms. The zero-order chi connectivity index (χ0) is 15.3. The number of carboxylic acid groups (broad SMARTS) is 1. The molecular formula is C17H21NO3S. The predicted octanol–water partition coefficient (Wildman–Crippen LogP) is 2.95. The van der Waals surface area contributed by atoms with Crippen molar-refractivity contribution in [2.24, 2.45) is 11.8 Å². The molecule has 2 fully saturated rings. The van der Waals surface area contributed by atoms with Gasteiger partial charge in [0, 0.05) is 16.8 Å². The number of aliphatic carboxylic acids is 1. The molecule has 1 aromatic rings. The van der Waals surface area contributed by atoms with Crippen LogP contribution in [0.4, 0.5) is 0 Å². The van der Waals surface area contributed by atoms with Crippen LogP contribution in [0.25, 0.3) is 0 Å². The number of rotatable bonds is 2. The topological polar surface area (TPSA) is 57.6 Å². The molecule has 1 aliphatic heterocycles. The van der Waals surface area contributed by atoms with Gasteiger partial charge in [-0.2, -0.15) is 0 Å². The van der Waals surface area contributed by atoms with Gasteiger partial charge in [0.2, 0.25) is 0 Å². The molecule has 3 atom stereocenters. The highest BCUT2D eigenvalue weighted by Gasteiger charge is 2.50. The first-order valence-electron chi connectivity index (χ1n) is 8.30. The number of carbonyl (C=O) groups is 2. The maximum absolute atomic E-state index is 13.0. The molecule has 2 aliphatic carbocycles. The van der Waals surface area contributed by atoms with Crippen LogP contribution in [0.1, 0.15) is 52.9 Å². The molecule has 2 heterocycles. The van der Waals surface area contributed by atoms with Gasteiger partial charge < -0.3 is 10.0 Å². The molecule has 3 aliphatic rings. The molecule has 1 saturated heterocycles. The van der Waals surface area contributed by atoms with Crippen LogP contribution in [-0.2, 0) is 17.6 Å². The smallest absolute Gasteiger partial charge is 0.326 e. The molecule has 4 rings (SSSR count). The van der Waals surface area contributed by atoms with Crippen molar-refractivity contribution in [2.45, 2.75) is 51.0 Å². The molecular weight excluding hydrogens is 298 g/mol. The Morgan fingerprint density at radius 1 is 1.18 bits per heavy atom. The minimum atomic E-state index is -0.827. The third-order valence-electron chi connectivity index (χ3n) is 5.70. The quantitative estimate of drug-likeness (QED) is 0.912. The number of nitrogens with zero attached hydrogens (tertiary/aromatic N) is 1. The number of aryl methyl sites for hydroxylation is 1. The van der Waals surface area contributed by atoms with E-state index in [9.17, 15) is 14.7 Å². The van der Waals surface area contributed by atoms with E-state index in [4.69, 9.17) is 0 Å². The fourth-order valence-corrected chi connectivity index (χ4v) is 5.78. The first-order chi connectivity index (χ1) is 10.7. The van der Waals surface area contributed by atoms with Gasteiger partial charge in [0.15, 0.2) is 0 Å². The highest BCUT2D eigenvalue weighted by Crippen LogP contribution is 2.43. The lowest BCUT2D eigenvalue weighted by molar-refractivity contribution is -0.142. The molecule has 3 unspecified atom stereocenters. The zero-order valence-electron chi connectivity index (χ0n) is 12.6. The van der Waals surface area contributed by atoms with Gasteiger partial charge in [-0.15, -0.1) is 11.3 Å². The lowest BCUT2D eigenvalue weighted by Crippen LogP contribution is -2.43. The number of hydrogen-bond acceptors (Lipinski definition) is 3. The largest absolute Gasteiger partial charge is 0.480 e. The Labute approximate surface area is 134 Å². The summed E-state index contributed by atoms with van der Waals surface area (Å²) < 4.78 is 0. The van der Waals surface area contributed by atoms with Gasteiger partial charge in [-0.05, 0) is 55.9 Å². The second-order valence-corrected chi connectivity index (χ2v) is 7.82. The number of carbonyl (C=O) groups excluding carboxylic acids is 1. The third kappa shape index (κ3) is 2.09. The highest BCUT2D eigenvalue weighted by molar-refractivity contribution is 7.10. The lowest BCUT2D eigenvalue weighted by Gasteiger charge is -2.25. The first-order valence-corrected chi connectivity index (χ1v) is 9.18. The molecule has 0 radical (unpaired) electrons. The SMILES string of the molecule is O=C(O)C1C2CCCC2CN1C(=O)c1csc2c1CCCC2. The summed E-state index contributed by atoms with van der Waals surface area (Å²) in [6, 6.07) is -0.612. The second-order valence-electron chi connectivity index (χ2n) is 6.85. The van der Waals surface area contributed by atoms with Crippen molar-refractivity contribution in [2.75, 3.05) is 6.54 Å². The summed E-state index contributed by atoms with van der Waals surface area (Å²) in [6.45, 7) is 0.630.